The van der Waals surface area contributed by atoms with Gasteiger partial charge in [-0.25, -0.2) is 5.14 Å². The highest BCUT2D eigenvalue weighted by Crippen LogP contribution is 2.11. The molecule has 1 unspecified atom stereocenters. The molecule has 60 valence electrons. The Morgan fingerprint density at radius 3 is 2.36 bits per heavy atom. The standard InChI is InChI=1S/C7H9NO2S/c1-6-2-4-7(5-3-6)10-11(8)9/h2-5H,8H2,1H3. The predicted molar refractivity (Wildman–Crippen MR) is 44.1 cm³/mol. The van der Waals surface area contributed by atoms with E-state index in [1.165, 1.54) is 0 Å². The summed E-state index contributed by atoms with van der Waals surface area (Å²) in [6.07, 6.45) is 0. The van der Waals surface area contributed by atoms with Gasteiger partial charge in [-0.15, -0.1) is 0 Å². The van der Waals surface area contributed by atoms with Gasteiger partial charge in [0.15, 0.2) is 0 Å². The van der Waals surface area contributed by atoms with Crippen LogP contribution in [0.3, 0.4) is 0 Å². The third-order valence-corrected chi connectivity index (χ3v) is 1.56. The molecule has 3 nitrogen and oxygen atoms in total. The smallest absolute Gasteiger partial charge is 0.285 e. The van der Waals surface area contributed by atoms with Crippen LogP contribution in [0.15, 0.2) is 24.3 Å². The van der Waals surface area contributed by atoms with Gasteiger partial charge in [-0.1, -0.05) is 17.7 Å². The van der Waals surface area contributed by atoms with E-state index in [9.17, 15) is 4.21 Å². The number of aryl methyl sites for hydroxylation is 1. The zero-order valence-electron chi connectivity index (χ0n) is 6.11. The molecule has 1 rings (SSSR count). The highest BCUT2D eigenvalue weighted by molar-refractivity contribution is 7.78. The lowest BCUT2D eigenvalue weighted by Gasteiger charge is -1.99. The van der Waals surface area contributed by atoms with E-state index in [0.29, 0.717) is 5.75 Å². The van der Waals surface area contributed by atoms with Crippen molar-refractivity contribution < 1.29 is 8.39 Å². The van der Waals surface area contributed by atoms with Crippen LogP contribution in [0.4, 0.5) is 0 Å². The maximum atomic E-state index is 10.4. The summed E-state index contributed by atoms with van der Waals surface area (Å²) in [5, 5.41) is 4.91. The molecule has 1 aromatic carbocycles. The molecule has 0 saturated heterocycles. The Morgan fingerprint density at radius 2 is 1.91 bits per heavy atom. The molecule has 0 bridgehead atoms. The molecule has 0 aromatic heterocycles. The molecule has 0 aliphatic carbocycles. The molecule has 0 radical (unpaired) electrons. The molecule has 0 aliphatic rings. The minimum atomic E-state index is -1.72. The van der Waals surface area contributed by atoms with Gasteiger partial charge in [-0.2, -0.15) is 4.21 Å². The van der Waals surface area contributed by atoms with Gasteiger partial charge in [-0.05, 0) is 19.1 Å². The van der Waals surface area contributed by atoms with Gasteiger partial charge in [-0.3, -0.25) is 0 Å². The number of hydrogen-bond donors (Lipinski definition) is 1. The summed E-state index contributed by atoms with van der Waals surface area (Å²) in [4.78, 5) is 0. The van der Waals surface area contributed by atoms with Gasteiger partial charge in [0, 0.05) is 0 Å². The van der Waals surface area contributed by atoms with Crippen molar-refractivity contribution in [3.8, 4) is 5.75 Å². The Kier molecular flexibility index (Phi) is 2.62. The minimum Gasteiger partial charge on any atom is -0.389 e. The Bertz CT molecular complexity index is 258. The van der Waals surface area contributed by atoms with E-state index in [4.69, 9.17) is 9.32 Å². The first-order chi connectivity index (χ1) is 5.18. The van der Waals surface area contributed by atoms with E-state index in [-0.39, 0.29) is 0 Å². The number of hydrogen-bond acceptors (Lipinski definition) is 2. The third kappa shape index (κ3) is 2.69. The Labute approximate surface area is 68.0 Å². The second-order valence-corrected chi connectivity index (χ2v) is 2.84. The fraction of sp³-hybridized carbons (Fsp3) is 0.143. The SMILES string of the molecule is Cc1ccc(OS(N)=O)cc1. The highest BCUT2D eigenvalue weighted by atomic mass is 32.2. The average molecular weight is 171 g/mol. The van der Waals surface area contributed by atoms with Crippen LogP contribution >= 0.6 is 0 Å². The number of benzene rings is 1. The summed E-state index contributed by atoms with van der Waals surface area (Å²) in [6.45, 7) is 1.96. The van der Waals surface area contributed by atoms with Crippen LogP contribution < -0.4 is 9.32 Å². The van der Waals surface area contributed by atoms with Crippen LogP contribution in [0.5, 0.6) is 5.75 Å². The van der Waals surface area contributed by atoms with Crippen LogP contribution in [-0.4, -0.2) is 4.21 Å². The molecule has 0 spiro atoms. The molecule has 4 heteroatoms. The lowest BCUT2D eigenvalue weighted by Crippen LogP contribution is -2.09. The molecule has 11 heavy (non-hydrogen) atoms. The van der Waals surface area contributed by atoms with Gasteiger partial charge in [0.05, 0.1) is 0 Å². The fourth-order valence-electron chi connectivity index (χ4n) is 0.689. The van der Waals surface area contributed by atoms with Gasteiger partial charge >= 0.3 is 0 Å². The van der Waals surface area contributed by atoms with Gasteiger partial charge < -0.3 is 4.18 Å². The topological polar surface area (TPSA) is 52.3 Å². The normalized spacial score (nSPS) is 12.5. The highest BCUT2D eigenvalue weighted by Gasteiger charge is 1.94. The molecular weight excluding hydrogens is 162 g/mol. The molecule has 0 saturated carbocycles. The number of nitrogens with two attached hydrogens (primary N) is 1. The second-order valence-electron chi connectivity index (χ2n) is 2.16. The van der Waals surface area contributed by atoms with Crippen LogP contribution in [0.25, 0.3) is 0 Å². The molecular formula is C7H9NO2S. The molecule has 1 aromatic rings. The van der Waals surface area contributed by atoms with Crippen LogP contribution in [-0.2, 0) is 11.3 Å². The summed E-state index contributed by atoms with van der Waals surface area (Å²) in [5.74, 6) is 0.524. The number of rotatable bonds is 2. The van der Waals surface area contributed by atoms with Gasteiger partial charge in [0.25, 0.3) is 11.3 Å². The maximum absolute atomic E-state index is 10.4. The second kappa shape index (κ2) is 3.50. The quantitative estimate of drug-likeness (QED) is 0.719. The van der Waals surface area contributed by atoms with Crippen molar-refractivity contribution in [2.75, 3.05) is 0 Å². The lowest BCUT2D eigenvalue weighted by atomic mass is 10.2. The van der Waals surface area contributed by atoms with E-state index in [2.05, 4.69) is 0 Å². The van der Waals surface area contributed by atoms with Crippen molar-refractivity contribution in [1.29, 1.82) is 0 Å². The molecule has 0 aliphatic heterocycles. The first-order valence-corrected chi connectivity index (χ1v) is 4.23. The van der Waals surface area contributed by atoms with E-state index in [1.54, 1.807) is 12.1 Å². The van der Waals surface area contributed by atoms with Crippen molar-refractivity contribution in [3.05, 3.63) is 29.8 Å². The Hall–Kier alpha value is -0.870. The van der Waals surface area contributed by atoms with Crippen molar-refractivity contribution in [1.82, 2.24) is 0 Å². The van der Waals surface area contributed by atoms with Crippen LogP contribution in [0.2, 0.25) is 0 Å². The molecule has 0 fully saturated rings. The van der Waals surface area contributed by atoms with Crippen LogP contribution in [0.1, 0.15) is 5.56 Å². The van der Waals surface area contributed by atoms with Gasteiger partial charge in [0.2, 0.25) is 0 Å². The van der Waals surface area contributed by atoms with Crippen molar-refractivity contribution in [2.45, 2.75) is 6.92 Å². The lowest BCUT2D eigenvalue weighted by molar-refractivity contribution is 0.563. The first kappa shape index (κ1) is 8.23. The van der Waals surface area contributed by atoms with E-state index >= 15 is 0 Å². The van der Waals surface area contributed by atoms with E-state index in [1.807, 2.05) is 19.1 Å². The van der Waals surface area contributed by atoms with Crippen molar-refractivity contribution >= 4 is 11.3 Å². The minimum absolute atomic E-state index is 0.524. The molecule has 2 N–H and O–H groups in total. The van der Waals surface area contributed by atoms with E-state index < -0.39 is 11.3 Å². The van der Waals surface area contributed by atoms with Crippen molar-refractivity contribution in [3.63, 3.8) is 0 Å². The van der Waals surface area contributed by atoms with Gasteiger partial charge in [0.1, 0.15) is 5.75 Å². The summed E-state index contributed by atoms with van der Waals surface area (Å²) < 4.78 is 15.1. The zero-order chi connectivity index (χ0) is 8.27. The predicted octanol–water partition coefficient (Wildman–Crippen LogP) is 0.911. The summed E-state index contributed by atoms with van der Waals surface area (Å²) in [6, 6.07) is 7.17. The largest absolute Gasteiger partial charge is 0.389 e. The zero-order valence-corrected chi connectivity index (χ0v) is 6.93. The molecule has 0 amide bonds. The monoisotopic (exact) mass is 171 g/mol. The van der Waals surface area contributed by atoms with Crippen LogP contribution in [0, 0.1) is 6.92 Å². The Balaban J connectivity index is 2.74. The Morgan fingerprint density at radius 1 is 1.36 bits per heavy atom. The molecule has 0 heterocycles. The molecule has 1 atom stereocenters. The fourth-order valence-corrected chi connectivity index (χ4v) is 0.989. The summed E-state index contributed by atoms with van der Waals surface area (Å²) in [7, 11) is 0. The average Bonchev–Trinajstić information content (AvgIpc) is 1.93. The van der Waals surface area contributed by atoms with Crippen molar-refractivity contribution in [2.24, 2.45) is 5.14 Å². The first-order valence-electron chi connectivity index (χ1n) is 3.09. The maximum Gasteiger partial charge on any atom is 0.285 e. The summed E-state index contributed by atoms with van der Waals surface area (Å²) in [5.41, 5.74) is 1.13. The third-order valence-electron chi connectivity index (χ3n) is 1.20. The van der Waals surface area contributed by atoms with E-state index in [0.717, 1.165) is 5.56 Å². The summed E-state index contributed by atoms with van der Waals surface area (Å²) >= 11 is -1.72.